The summed E-state index contributed by atoms with van der Waals surface area (Å²) in [4.78, 5) is 24.3. The molecule has 36 heavy (non-hydrogen) atoms. The summed E-state index contributed by atoms with van der Waals surface area (Å²) in [5.74, 6) is -1.37. The number of hydrogen-bond acceptors (Lipinski definition) is 3. The molecule has 0 saturated carbocycles. The van der Waals surface area contributed by atoms with Crippen LogP contribution in [0, 0.1) is 5.82 Å². The number of allylic oxidation sites excluding steroid dienone is 1. The van der Waals surface area contributed by atoms with Gasteiger partial charge in [0, 0.05) is 17.8 Å². The number of rotatable bonds is 7. The van der Waals surface area contributed by atoms with E-state index in [0.717, 1.165) is 29.7 Å². The van der Waals surface area contributed by atoms with E-state index in [1.165, 1.54) is 41.5 Å². The van der Waals surface area contributed by atoms with Crippen LogP contribution in [0.3, 0.4) is 0 Å². The van der Waals surface area contributed by atoms with E-state index in [1.54, 1.807) is 30.3 Å². The molecule has 0 saturated heterocycles. The zero-order chi connectivity index (χ0) is 26.1. The lowest BCUT2D eigenvalue weighted by Crippen LogP contribution is -2.35. The quantitative estimate of drug-likeness (QED) is 0.271. The lowest BCUT2D eigenvalue weighted by molar-refractivity contribution is 0.0696. The van der Waals surface area contributed by atoms with Crippen LogP contribution in [-0.4, -0.2) is 16.9 Å². The zero-order valence-electron chi connectivity index (χ0n) is 21.2. The van der Waals surface area contributed by atoms with Crippen LogP contribution in [0.25, 0.3) is 6.08 Å². The van der Waals surface area contributed by atoms with Gasteiger partial charge >= 0.3 is 5.97 Å². The van der Waals surface area contributed by atoms with Gasteiger partial charge < -0.3 is 10.4 Å². The first-order chi connectivity index (χ1) is 17.0. The Kier molecular flexibility index (Phi) is 6.85. The van der Waals surface area contributed by atoms with E-state index >= 15 is 0 Å². The van der Waals surface area contributed by atoms with Gasteiger partial charge in [0.15, 0.2) is 5.78 Å². The van der Waals surface area contributed by atoms with Crippen molar-refractivity contribution >= 4 is 23.5 Å². The van der Waals surface area contributed by atoms with Crippen molar-refractivity contribution in [2.24, 2.45) is 0 Å². The van der Waals surface area contributed by atoms with Gasteiger partial charge in [-0.15, -0.1) is 0 Å². The average molecular weight is 486 g/mol. The molecular formula is C31H32FNO3. The molecule has 3 aromatic carbocycles. The molecule has 0 unspecified atom stereocenters. The summed E-state index contributed by atoms with van der Waals surface area (Å²) < 4.78 is 13.4. The molecule has 3 aromatic rings. The molecule has 186 valence electrons. The van der Waals surface area contributed by atoms with Gasteiger partial charge in [-0.1, -0.05) is 58.0 Å². The summed E-state index contributed by atoms with van der Waals surface area (Å²) >= 11 is 0. The smallest absolute Gasteiger partial charge is 0.335 e. The minimum absolute atomic E-state index is 0.0563. The Labute approximate surface area is 211 Å². The maximum Gasteiger partial charge on any atom is 0.335 e. The first kappa shape index (κ1) is 25.4. The van der Waals surface area contributed by atoms with Crippen molar-refractivity contribution < 1.29 is 19.1 Å². The van der Waals surface area contributed by atoms with Crippen LogP contribution in [0.15, 0.2) is 66.7 Å². The lowest BCUT2D eigenvalue weighted by Gasteiger charge is -2.43. The average Bonchev–Trinajstić information content (AvgIpc) is 2.85. The van der Waals surface area contributed by atoms with E-state index < -0.39 is 5.97 Å². The van der Waals surface area contributed by atoms with E-state index in [0.29, 0.717) is 12.1 Å². The molecule has 4 nitrogen and oxygen atoms in total. The van der Waals surface area contributed by atoms with Gasteiger partial charge in [0.25, 0.3) is 0 Å². The number of ketones is 1. The number of benzene rings is 3. The van der Waals surface area contributed by atoms with Crippen molar-refractivity contribution in [3.05, 3.63) is 106 Å². The van der Waals surface area contributed by atoms with Gasteiger partial charge in [-0.2, -0.15) is 0 Å². The number of carbonyl (C=O) groups is 2. The number of carboxylic acids is 1. The van der Waals surface area contributed by atoms with Gasteiger partial charge in [0.2, 0.25) is 0 Å². The largest absolute Gasteiger partial charge is 0.478 e. The second kappa shape index (κ2) is 9.73. The van der Waals surface area contributed by atoms with E-state index in [9.17, 15) is 14.0 Å². The standard InChI is InChI=1S/C31H32FNO3/c1-30(2)15-16-31(3,4)28-25(30)17-23(18-26(28)33-19-21-7-12-24(32)13-8-21)27(34)14-9-20-5-10-22(11-6-20)29(35)36/h5-14,17-18,33H,15-16,19H2,1-4H3,(H,35,36)/b14-9+. The molecule has 0 spiro atoms. The normalized spacial score (nSPS) is 15.9. The van der Waals surface area contributed by atoms with E-state index in [-0.39, 0.29) is 28.0 Å². The van der Waals surface area contributed by atoms with Crippen molar-refractivity contribution in [3.8, 4) is 0 Å². The van der Waals surface area contributed by atoms with Crippen molar-refractivity contribution in [2.45, 2.75) is 57.9 Å². The molecule has 0 atom stereocenters. The highest BCUT2D eigenvalue weighted by Gasteiger charge is 2.39. The van der Waals surface area contributed by atoms with E-state index in [4.69, 9.17) is 5.11 Å². The number of hydrogen-bond donors (Lipinski definition) is 2. The Hall–Kier alpha value is -3.73. The molecule has 0 bridgehead atoms. The van der Waals surface area contributed by atoms with Gasteiger partial charge in [-0.05, 0) is 88.4 Å². The molecule has 2 N–H and O–H groups in total. The van der Waals surface area contributed by atoms with Crippen molar-refractivity contribution in [1.29, 1.82) is 0 Å². The van der Waals surface area contributed by atoms with Crippen LogP contribution in [0.1, 0.15) is 83.5 Å². The Morgan fingerprint density at radius 1 is 0.917 bits per heavy atom. The van der Waals surface area contributed by atoms with Gasteiger partial charge in [-0.25, -0.2) is 9.18 Å². The fraction of sp³-hybridized carbons (Fsp3) is 0.290. The first-order valence-corrected chi connectivity index (χ1v) is 12.2. The SMILES string of the molecule is CC1(C)CCC(C)(C)c2c(NCc3ccc(F)cc3)cc(C(=O)/C=C/c3ccc(C(=O)O)cc3)cc21. The predicted octanol–water partition coefficient (Wildman–Crippen LogP) is 7.38. The molecule has 1 aliphatic carbocycles. The number of halogens is 1. The first-order valence-electron chi connectivity index (χ1n) is 12.2. The third-order valence-corrected chi connectivity index (χ3v) is 7.18. The Balaban J connectivity index is 1.69. The fourth-order valence-electron chi connectivity index (χ4n) is 4.88. The number of fused-ring (bicyclic) bond motifs is 1. The fourth-order valence-corrected chi connectivity index (χ4v) is 4.88. The number of aromatic carboxylic acids is 1. The minimum atomic E-state index is -0.984. The molecule has 4 rings (SSSR count). The number of carboxylic acid groups (broad SMARTS) is 1. The van der Waals surface area contributed by atoms with E-state index in [1.807, 2.05) is 12.1 Å². The van der Waals surface area contributed by atoms with Gasteiger partial charge in [0.05, 0.1) is 5.56 Å². The van der Waals surface area contributed by atoms with Gasteiger partial charge in [-0.3, -0.25) is 4.79 Å². The zero-order valence-corrected chi connectivity index (χ0v) is 21.2. The highest BCUT2D eigenvalue weighted by molar-refractivity contribution is 6.07. The molecule has 0 radical (unpaired) electrons. The molecule has 5 heteroatoms. The topological polar surface area (TPSA) is 66.4 Å². The monoisotopic (exact) mass is 485 g/mol. The predicted molar refractivity (Wildman–Crippen MR) is 142 cm³/mol. The van der Waals surface area contributed by atoms with Gasteiger partial charge in [0.1, 0.15) is 5.82 Å². The third-order valence-electron chi connectivity index (χ3n) is 7.18. The van der Waals surface area contributed by atoms with Crippen molar-refractivity contribution in [3.63, 3.8) is 0 Å². The summed E-state index contributed by atoms with van der Waals surface area (Å²) in [5, 5.41) is 12.6. The van der Waals surface area contributed by atoms with E-state index in [2.05, 4.69) is 33.0 Å². The second-order valence-corrected chi connectivity index (χ2v) is 10.8. The van der Waals surface area contributed by atoms with Crippen LogP contribution in [0.5, 0.6) is 0 Å². The van der Waals surface area contributed by atoms with Crippen LogP contribution < -0.4 is 5.32 Å². The van der Waals surface area contributed by atoms with Crippen molar-refractivity contribution in [1.82, 2.24) is 0 Å². The number of carbonyl (C=O) groups excluding carboxylic acids is 1. The van der Waals surface area contributed by atoms with Crippen LogP contribution >= 0.6 is 0 Å². The Morgan fingerprint density at radius 2 is 1.56 bits per heavy atom. The Bertz CT molecular complexity index is 1320. The maximum atomic E-state index is 13.4. The Morgan fingerprint density at radius 3 is 2.19 bits per heavy atom. The lowest BCUT2D eigenvalue weighted by atomic mass is 9.62. The number of nitrogens with one attached hydrogen (secondary N) is 1. The second-order valence-electron chi connectivity index (χ2n) is 10.8. The highest BCUT2D eigenvalue weighted by Crippen LogP contribution is 2.49. The highest BCUT2D eigenvalue weighted by atomic mass is 19.1. The molecule has 0 aromatic heterocycles. The molecule has 1 aliphatic rings. The minimum Gasteiger partial charge on any atom is -0.478 e. The maximum absolute atomic E-state index is 13.4. The summed E-state index contributed by atoms with van der Waals surface area (Å²) in [6.07, 6.45) is 5.29. The number of anilines is 1. The molecule has 0 amide bonds. The van der Waals surface area contributed by atoms with Crippen LogP contribution in [-0.2, 0) is 17.4 Å². The van der Waals surface area contributed by atoms with Crippen LogP contribution in [0.4, 0.5) is 10.1 Å². The van der Waals surface area contributed by atoms with Crippen LogP contribution in [0.2, 0.25) is 0 Å². The molecule has 0 heterocycles. The third kappa shape index (κ3) is 5.40. The molecule has 0 fully saturated rings. The summed E-state index contributed by atoms with van der Waals surface area (Å²) in [7, 11) is 0. The summed E-state index contributed by atoms with van der Waals surface area (Å²) in [5.41, 5.74) is 5.70. The van der Waals surface area contributed by atoms with Crippen molar-refractivity contribution in [2.75, 3.05) is 5.32 Å². The summed E-state index contributed by atoms with van der Waals surface area (Å²) in [6, 6.07) is 16.8. The molecular weight excluding hydrogens is 453 g/mol. The summed E-state index contributed by atoms with van der Waals surface area (Å²) in [6.45, 7) is 9.45. The molecule has 0 aliphatic heterocycles.